The minimum Gasteiger partial charge on any atom is -0.240 e. The summed E-state index contributed by atoms with van der Waals surface area (Å²) >= 11 is 0. The number of rotatable bonds is 2. The van der Waals surface area contributed by atoms with Gasteiger partial charge in [-0.15, -0.1) is 0 Å². The van der Waals surface area contributed by atoms with Crippen LogP contribution in [0.1, 0.15) is 38.9 Å². The molecular weight excluding hydrogens is 236 g/mol. The molecule has 0 saturated heterocycles. The molecule has 2 aromatic heterocycles. The second-order valence-corrected chi connectivity index (χ2v) is 5.34. The van der Waals surface area contributed by atoms with Gasteiger partial charge >= 0.3 is 0 Å². The molecule has 1 aliphatic rings. The maximum atomic E-state index is 4.62. The lowest BCUT2D eigenvalue weighted by Crippen LogP contribution is -2.56. The van der Waals surface area contributed by atoms with Gasteiger partial charge in [0.25, 0.3) is 5.69 Å². The Hall–Kier alpha value is -1.71. The molecule has 2 aromatic rings. The van der Waals surface area contributed by atoms with Crippen molar-refractivity contribution in [1.82, 2.24) is 14.8 Å². The van der Waals surface area contributed by atoms with Crippen molar-refractivity contribution in [2.24, 2.45) is 0 Å². The molecular formula is C15H21N4+. The lowest BCUT2D eigenvalue weighted by molar-refractivity contribution is -0.757. The molecule has 1 aliphatic heterocycles. The maximum Gasteiger partial charge on any atom is 0.250 e. The highest BCUT2D eigenvalue weighted by Gasteiger charge is 2.41. The Labute approximate surface area is 114 Å². The third-order valence-corrected chi connectivity index (χ3v) is 4.48. The largest absolute Gasteiger partial charge is 0.250 e. The zero-order chi connectivity index (χ0) is 13.5. The standard InChI is InChI=1S/C15H21N4/c1-4-15(5-2)9-11-19-14(16-12(3)17-19)13-8-6-7-10-18(13)15/h6-8,10H,4-5,9,11H2,1-3H3/q+1. The van der Waals surface area contributed by atoms with Gasteiger partial charge in [0.05, 0.1) is 6.54 Å². The number of hydrogen-bond donors (Lipinski definition) is 0. The van der Waals surface area contributed by atoms with Crippen LogP contribution >= 0.6 is 0 Å². The average molecular weight is 257 g/mol. The molecule has 0 atom stereocenters. The van der Waals surface area contributed by atoms with E-state index in [-0.39, 0.29) is 5.54 Å². The zero-order valence-corrected chi connectivity index (χ0v) is 11.9. The lowest BCUT2D eigenvalue weighted by atomic mass is 9.88. The van der Waals surface area contributed by atoms with Crippen molar-refractivity contribution in [3.8, 4) is 11.5 Å². The first-order valence-electron chi connectivity index (χ1n) is 7.13. The molecule has 0 radical (unpaired) electrons. The molecule has 0 bridgehead atoms. The van der Waals surface area contributed by atoms with Crippen LogP contribution in [-0.4, -0.2) is 14.8 Å². The Morgan fingerprint density at radius 2 is 2.11 bits per heavy atom. The highest BCUT2D eigenvalue weighted by molar-refractivity contribution is 5.45. The molecule has 0 saturated carbocycles. The summed E-state index contributed by atoms with van der Waals surface area (Å²) in [5, 5.41) is 4.54. The number of pyridine rings is 1. The van der Waals surface area contributed by atoms with Crippen LogP contribution in [0.25, 0.3) is 11.5 Å². The molecule has 3 heterocycles. The summed E-state index contributed by atoms with van der Waals surface area (Å²) in [7, 11) is 0. The van der Waals surface area contributed by atoms with E-state index in [0.29, 0.717) is 0 Å². The van der Waals surface area contributed by atoms with Gasteiger partial charge in [0.1, 0.15) is 5.82 Å². The Bertz CT molecular complexity index is 596. The molecule has 3 rings (SSSR count). The molecule has 19 heavy (non-hydrogen) atoms. The smallest absolute Gasteiger partial charge is 0.240 e. The Morgan fingerprint density at radius 1 is 1.32 bits per heavy atom. The molecule has 0 fully saturated rings. The van der Waals surface area contributed by atoms with E-state index in [1.807, 2.05) is 6.92 Å². The van der Waals surface area contributed by atoms with Crippen LogP contribution < -0.4 is 4.57 Å². The topological polar surface area (TPSA) is 34.6 Å². The number of nitrogens with zero attached hydrogens (tertiary/aromatic N) is 4. The molecule has 4 heteroatoms. The van der Waals surface area contributed by atoms with E-state index in [1.54, 1.807) is 0 Å². The summed E-state index contributed by atoms with van der Waals surface area (Å²) in [5.41, 5.74) is 1.37. The average Bonchev–Trinajstić information content (AvgIpc) is 2.76. The van der Waals surface area contributed by atoms with Crippen molar-refractivity contribution in [1.29, 1.82) is 0 Å². The van der Waals surface area contributed by atoms with Crippen LogP contribution in [-0.2, 0) is 12.1 Å². The van der Waals surface area contributed by atoms with Crippen LogP contribution in [0.15, 0.2) is 24.4 Å². The van der Waals surface area contributed by atoms with E-state index in [2.05, 4.69) is 57.6 Å². The van der Waals surface area contributed by atoms with Gasteiger partial charge in [-0.2, -0.15) is 9.67 Å². The fourth-order valence-electron chi connectivity index (χ4n) is 3.22. The van der Waals surface area contributed by atoms with Gasteiger partial charge in [-0.1, -0.05) is 13.8 Å². The van der Waals surface area contributed by atoms with Crippen LogP contribution in [0.2, 0.25) is 0 Å². The first kappa shape index (κ1) is 12.3. The molecule has 0 N–H and O–H groups in total. The molecule has 4 nitrogen and oxygen atoms in total. The second kappa shape index (κ2) is 4.44. The monoisotopic (exact) mass is 257 g/mol. The van der Waals surface area contributed by atoms with Gasteiger partial charge in [-0.05, 0) is 13.0 Å². The summed E-state index contributed by atoms with van der Waals surface area (Å²) in [6.07, 6.45) is 5.57. The maximum absolute atomic E-state index is 4.62. The quantitative estimate of drug-likeness (QED) is 0.775. The van der Waals surface area contributed by atoms with Gasteiger partial charge in [0.2, 0.25) is 5.82 Å². The van der Waals surface area contributed by atoms with Gasteiger partial charge in [-0.25, -0.2) is 9.67 Å². The molecule has 100 valence electrons. The predicted molar refractivity (Wildman–Crippen MR) is 73.6 cm³/mol. The predicted octanol–water partition coefficient (Wildman–Crippen LogP) is 2.46. The van der Waals surface area contributed by atoms with Crippen LogP contribution in [0, 0.1) is 6.92 Å². The molecule has 0 unspecified atom stereocenters. The summed E-state index contributed by atoms with van der Waals surface area (Å²) < 4.78 is 4.48. The van der Waals surface area contributed by atoms with E-state index in [1.165, 1.54) is 5.69 Å². The number of aryl methyl sites for hydroxylation is 2. The number of fused-ring (bicyclic) bond motifs is 3. The Morgan fingerprint density at radius 3 is 2.84 bits per heavy atom. The molecule has 0 spiro atoms. The van der Waals surface area contributed by atoms with E-state index in [9.17, 15) is 0 Å². The molecule has 0 aliphatic carbocycles. The van der Waals surface area contributed by atoms with Crippen LogP contribution in [0.5, 0.6) is 0 Å². The van der Waals surface area contributed by atoms with E-state index >= 15 is 0 Å². The van der Waals surface area contributed by atoms with Crippen molar-refractivity contribution in [3.63, 3.8) is 0 Å². The first-order valence-corrected chi connectivity index (χ1v) is 7.13. The van der Waals surface area contributed by atoms with Crippen molar-refractivity contribution in [2.45, 2.75) is 52.1 Å². The van der Waals surface area contributed by atoms with Crippen molar-refractivity contribution >= 4 is 0 Å². The number of aromatic nitrogens is 4. The van der Waals surface area contributed by atoms with Gasteiger partial charge in [0, 0.05) is 31.4 Å². The minimum atomic E-state index is 0.187. The summed E-state index contributed by atoms with van der Waals surface area (Å²) in [6.45, 7) is 7.46. The minimum absolute atomic E-state index is 0.187. The molecule has 0 aromatic carbocycles. The fraction of sp³-hybridized carbons (Fsp3) is 0.533. The Kier molecular flexibility index (Phi) is 2.88. The SMILES string of the molecule is CCC1(CC)CCn2nc(C)nc2-c2cccc[n+]21. The highest BCUT2D eigenvalue weighted by Crippen LogP contribution is 2.30. The molecule has 0 amide bonds. The summed E-state index contributed by atoms with van der Waals surface area (Å²) in [5.74, 6) is 1.85. The van der Waals surface area contributed by atoms with E-state index < -0.39 is 0 Å². The fourth-order valence-corrected chi connectivity index (χ4v) is 3.22. The third-order valence-electron chi connectivity index (χ3n) is 4.48. The van der Waals surface area contributed by atoms with Crippen LogP contribution in [0.3, 0.4) is 0 Å². The summed E-state index contributed by atoms with van der Waals surface area (Å²) in [4.78, 5) is 4.62. The summed E-state index contributed by atoms with van der Waals surface area (Å²) in [6, 6.07) is 6.36. The van der Waals surface area contributed by atoms with Crippen LogP contribution in [0.4, 0.5) is 0 Å². The van der Waals surface area contributed by atoms with Gasteiger partial charge in [0.15, 0.2) is 11.7 Å². The number of hydrogen-bond acceptors (Lipinski definition) is 2. The van der Waals surface area contributed by atoms with E-state index in [4.69, 9.17) is 0 Å². The van der Waals surface area contributed by atoms with Crippen molar-refractivity contribution < 1.29 is 4.57 Å². The van der Waals surface area contributed by atoms with Gasteiger partial charge in [-0.3, -0.25) is 0 Å². The first-order chi connectivity index (χ1) is 9.20. The second-order valence-electron chi connectivity index (χ2n) is 5.34. The lowest BCUT2D eigenvalue weighted by Gasteiger charge is -2.25. The van der Waals surface area contributed by atoms with Gasteiger partial charge < -0.3 is 0 Å². The van der Waals surface area contributed by atoms with E-state index in [0.717, 1.165) is 37.5 Å². The Balaban J connectivity index is 2.26. The highest BCUT2D eigenvalue weighted by atomic mass is 15.4. The van der Waals surface area contributed by atoms with Crippen molar-refractivity contribution in [2.75, 3.05) is 0 Å². The third kappa shape index (κ3) is 1.78. The zero-order valence-electron chi connectivity index (χ0n) is 11.9. The van der Waals surface area contributed by atoms with Crippen molar-refractivity contribution in [3.05, 3.63) is 30.2 Å². The normalized spacial score (nSPS) is 16.6.